The van der Waals surface area contributed by atoms with Crippen LogP contribution in [0.4, 0.5) is 0 Å². The van der Waals surface area contributed by atoms with E-state index in [2.05, 4.69) is 4.99 Å². The molecule has 0 saturated heterocycles. The number of carbonyl (C=O) groups excluding carboxylic acids is 1. The van der Waals surface area contributed by atoms with Crippen LogP contribution in [0.2, 0.25) is 5.02 Å². The number of thioether (sulfide) groups is 2. The first kappa shape index (κ1) is 17.1. The summed E-state index contributed by atoms with van der Waals surface area (Å²) in [4.78, 5) is 16.3. The summed E-state index contributed by atoms with van der Waals surface area (Å²) in [7, 11) is 0. The zero-order valence-corrected chi connectivity index (χ0v) is 15.3. The third-order valence-electron chi connectivity index (χ3n) is 3.28. The molecule has 0 fully saturated rings. The van der Waals surface area contributed by atoms with Crippen LogP contribution in [0.15, 0.2) is 59.2 Å². The van der Waals surface area contributed by atoms with Gasteiger partial charge in [-0.2, -0.15) is 0 Å². The molecule has 0 saturated carbocycles. The second-order valence-electron chi connectivity index (χ2n) is 4.96. The van der Waals surface area contributed by atoms with Crippen LogP contribution in [-0.2, 0) is 11.4 Å². The third kappa shape index (κ3) is 4.23. The van der Waals surface area contributed by atoms with Crippen molar-refractivity contribution >= 4 is 50.7 Å². The molecule has 0 N–H and O–H groups in total. The number of rotatable bonds is 4. The fraction of sp³-hybridized carbons (Fsp3) is 0.111. The van der Waals surface area contributed by atoms with Gasteiger partial charge in [-0.15, -0.1) is 11.8 Å². The number of carbonyl (C=O) groups is 1. The lowest BCUT2D eigenvalue weighted by Crippen LogP contribution is -1.97. The molecule has 1 heterocycles. The number of hydrogen-bond acceptors (Lipinski definition) is 5. The molecule has 1 aliphatic heterocycles. The maximum absolute atomic E-state index is 12.0. The van der Waals surface area contributed by atoms with E-state index in [1.165, 1.54) is 11.8 Å². The van der Waals surface area contributed by atoms with Crippen LogP contribution in [0.25, 0.3) is 6.08 Å². The smallest absolute Gasteiger partial charge is 0.244 e. The van der Waals surface area contributed by atoms with E-state index in [0.717, 1.165) is 27.3 Å². The van der Waals surface area contributed by atoms with Crippen LogP contribution < -0.4 is 4.74 Å². The van der Waals surface area contributed by atoms with Crippen molar-refractivity contribution in [1.82, 2.24) is 0 Å². The molecule has 1 aliphatic rings. The summed E-state index contributed by atoms with van der Waals surface area (Å²) in [6, 6.07) is 15.3. The van der Waals surface area contributed by atoms with Gasteiger partial charge in [0, 0.05) is 10.6 Å². The summed E-state index contributed by atoms with van der Waals surface area (Å²) in [5, 5.41) is 0.523. The molecule has 24 heavy (non-hydrogen) atoms. The summed E-state index contributed by atoms with van der Waals surface area (Å²) < 4.78 is 6.65. The molecule has 3 rings (SSSR count). The monoisotopic (exact) mass is 375 g/mol. The second kappa shape index (κ2) is 7.92. The molecule has 0 radical (unpaired) electrons. The Labute approximate surface area is 154 Å². The zero-order chi connectivity index (χ0) is 16.9. The number of ether oxygens (including phenoxy) is 1. The molecule has 0 bridgehead atoms. The zero-order valence-electron chi connectivity index (χ0n) is 12.9. The van der Waals surface area contributed by atoms with Gasteiger partial charge in [-0.3, -0.25) is 4.79 Å². The number of aliphatic imine (C=N–C) groups is 1. The van der Waals surface area contributed by atoms with E-state index in [9.17, 15) is 4.79 Å². The van der Waals surface area contributed by atoms with Gasteiger partial charge in [0.2, 0.25) is 5.12 Å². The largest absolute Gasteiger partial charge is 0.488 e. The first-order valence-electron chi connectivity index (χ1n) is 7.18. The summed E-state index contributed by atoms with van der Waals surface area (Å²) >= 11 is 8.70. The average Bonchev–Trinajstić information content (AvgIpc) is 2.95. The van der Waals surface area contributed by atoms with Crippen molar-refractivity contribution in [3.8, 4) is 5.75 Å². The Balaban J connectivity index is 1.86. The minimum absolute atomic E-state index is 0.0617. The number of halogens is 1. The third-order valence-corrected chi connectivity index (χ3v) is 5.36. The number of hydrogen-bond donors (Lipinski definition) is 0. The average molecular weight is 376 g/mol. The van der Waals surface area contributed by atoms with Crippen LogP contribution in [-0.4, -0.2) is 15.7 Å². The molecule has 0 unspecified atom stereocenters. The molecule has 0 atom stereocenters. The van der Waals surface area contributed by atoms with Crippen molar-refractivity contribution in [2.45, 2.75) is 6.61 Å². The number of nitrogens with zero attached hydrogens (tertiary/aromatic N) is 1. The van der Waals surface area contributed by atoms with Crippen LogP contribution in [0, 0.1) is 0 Å². The Morgan fingerprint density at radius 3 is 2.75 bits per heavy atom. The Bertz CT molecular complexity index is 819. The van der Waals surface area contributed by atoms with Crippen LogP contribution >= 0.6 is 35.1 Å². The molecule has 2 aromatic rings. The van der Waals surface area contributed by atoms with Gasteiger partial charge < -0.3 is 4.74 Å². The predicted octanol–water partition coefficient (Wildman–Crippen LogP) is 5.25. The minimum Gasteiger partial charge on any atom is -0.488 e. The van der Waals surface area contributed by atoms with Crippen LogP contribution in [0.5, 0.6) is 5.75 Å². The quantitative estimate of drug-likeness (QED) is 0.684. The van der Waals surface area contributed by atoms with Gasteiger partial charge in [0.05, 0.1) is 0 Å². The van der Waals surface area contributed by atoms with E-state index in [0.29, 0.717) is 23.1 Å². The van der Waals surface area contributed by atoms with E-state index in [4.69, 9.17) is 16.3 Å². The lowest BCUT2D eigenvalue weighted by atomic mass is 10.1. The first-order valence-corrected chi connectivity index (χ1v) is 9.60. The van der Waals surface area contributed by atoms with E-state index in [1.54, 1.807) is 18.2 Å². The lowest BCUT2D eigenvalue weighted by Gasteiger charge is -2.10. The normalized spacial score (nSPS) is 15.7. The highest BCUT2D eigenvalue weighted by molar-refractivity contribution is 8.45. The van der Waals surface area contributed by atoms with E-state index in [1.807, 2.05) is 42.7 Å². The number of benzene rings is 2. The van der Waals surface area contributed by atoms with Gasteiger partial charge in [-0.05, 0) is 47.9 Å². The Morgan fingerprint density at radius 2 is 2.04 bits per heavy atom. The topological polar surface area (TPSA) is 38.7 Å². The molecular formula is C18H14ClNO2S2. The molecular weight excluding hydrogens is 362 g/mol. The summed E-state index contributed by atoms with van der Waals surface area (Å²) in [5.74, 6) is 0.668. The van der Waals surface area contributed by atoms with Gasteiger partial charge >= 0.3 is 0 Å². The SMILES string of the molecule is CSC1=NC(=Cc2cc(Cl)ccc2OCc2ccccc2)C(=O)S1. The van der Waals surface area contributed by atoms with E-state index >= 15 is 0 Å². The minimum atomic E-state index is -0.0617. The van der Waals surface area contributed by atoms with Gasteiger partial charge in [-0.1, -0.05) is 41.9 Å². The van der Waals surface area contributed by atoms with Crippen LogP contribution in [0.1, 0.15) is 11.1 Å². The Kier molecular flexibility index (Phi) is 5.66. The Hall–Kier alpha value is -1.69. The summed E-state index contributed by atoms with van der Waals surface area (Å²) in [5.41, 5.74) is 2.23. The molecule has 6 heteroatoms. The highest BCUT2D eigenvalue weighted by atomic mass is 35.5. The van der Waals surface area contributed by atoms with E-state index in [-0.39, 0.29) is 5.12 Å². The van der Waals surface area contributed by atoms with Crippen molar-refractivity contribution in [1.29, 1.82) is 0 Å². The van der Waals surface area contributed by atoms with Gasteiger partial charge in [0.15, 0.2) is 0 Å². The molecule has 122 valence electrons. The molecule has 0 aromatic heterocycles. The van der Waals surface area contributed by atoms with Crippen molar-refractivity contribution < 1.29 is 9.53 Å². The standard InChI is InChI=1S/C18H14ClNO2S2/c1-23-18-20-15(17(21)24-18)10-13-9-14(19)7-8-16(13)22-11-12-5-3-2-4-6-12/h2-10H,11H2,1H3. The van der Waals surface area contributed by atoms with Gasteiger partial charge in [0.25, 0.3) is 0 Å². The lowest BCUT2D eigenvalue weighted by molar-refractivity contribution is -0.107. The van der Waals surface area contributed by atoms with Crippen molar-refractivity contribution in [2.75, 3.05) is 6.26 Å². The summed E-state index contributed by atoms with van der Waals surface area (Å²) in [6.07, 6.45) is 3.63. The van der Waals surface area contributed by atoms with Crippen molar-refractivity contribution in [3.63, 3.8) is 0 Å². The molecule has 0 amide bonds. The second-order valence-corrected chi connectivity index (χ2v) is 7.41. The van der Waals surface area contributed by atoms with Gasteiger partial charge in [0.1, 0.15) is 22.4 Å². The maximum Gasteiger partial charge on any atom is 0.244 e. The van der Waals surface area contributed by atoms with E-state index < -0.39 is 0 Å². The molecule has 2 aromatic carbocycles. The van der Waals surface area contributed by atoms with Crippen LogP contribution in [0.3, 0.4) is 0 Å². The first-order chi connectivity index (χ1) is 11.7. The summed E-state index contributed by atoms with van der Waals surface area (Å²) in [6.45, 7) is 0.445. The molecule has 0 aliphatic carbocycles. The maximum atomic E-state index is 12.0. The Morgan fingerprint density at radius 1 is 1.25 bits per heavy atom. The van der Waals surface area contributed by atoms with Gasteiger partial charge in [-0.25, -0.2) is 4.99 Å². The van der Waals surface area contributed by atoms with Crippen molar-refractivity contribution in [3.05, 3.63) is 70.4 Å². The fourth-order valence-electron chi connectivity index (χ4n) is 2.12. The molecule has 0 spiro atoms. The predicted molar refractivity (Wildman–Crippen MR) is 104 cm³/mol. The molecule has 3 nitrogen and oxygen atoms in total. The highest BCUT2D eigenvalue weighted by Gasteiger charge is 2.22. The fourth-order valence-corrected chi connectivity index (χ4v) is 3.57. The highest BCUT2D eigenvalue weighted by Crippen LogP contribution is 2.32. The van der Waals surface area contributed by atoms with Crippen molar-refractivity contribution in [2.24, 2.45) is 4.99 Å².